The molecule has 1 aliphatic heterocycles. The molecule has 88 valence electrons. The third kappa shape index (κ3) is 2.22. The molecule has 2 aromatic rings. The average molecular weight is 232 g/mol. The number of oxazole rings is 1. The first-order chi connectivity index (χ1) is 8.31. The third-order valence-electron chi connectivity index (χ3n) is 3.02. The van der Waals surface area contributed by atoms with Crippen molar-refractivity contribution >= 4 is 0 Å². The van der Waals surface area contributed by atoms with Gasteiger partial charge in [-0.05, 0) is 43.3 Å². The highest BCUT2D eigenvalue weighted by molar-refractivity contribution is 5.57. The Morgan fingerprint density at radius 2 is 2.06 bits per heavy atom. The lowest BCUT2D eigenvalue weighted by atomic mass is 10.00. The lowest BCUT2D eigenvalue weighted by Crippen LogP contribution is -2.43. The minimum atomic E-state index is -0.238. The molecule has 0 atom stereocenters. The maximum Gasteiger partial charge on any atom is 0.194 e. The molecule has 0 saturated carbocycles. The monoisotopic (exact) mass is 232 g/mol. The number of hydrogen-bond donors (Lipinski definition) is 1. The van der Waals surface area contributed by atoms with E-state index in [4.69, 9.17) is 4.42 Å². The summed E-state index contributed by atoms with van der Waals surface area (Å²) in [5, 5.41) is 3.22. The van der Waals surface area contributed by atoms with Gasteiger partial charge < -0.3 is 9.73 Å². The number of aromatic nitrogens is 1. The Morgan fingerprint density at radius 3 is 2.71 bits per heavy atom. The normalized spacial score (nSPS) is 15.8. The van der Waals surface area contributed by atoms with Gasteiger partial charge in [-0.15, -0.1) is 0 Å². The summed E-state index contributed by atoms with van der Waals surface area (Å²) in [6.45, 7) is 2.07. The van der Waals surface area contributed by atoms with Gasteiger partial charge in [-0.25, -0.2) is 9.37 Å². The zero-order chi connectivity index (χ0) is 11.7. The quantitative estimate of drug-likeness (QED) is 0.882. The molecule has 0 amide bonds. The Labute approximate surface area is 98.7 Å². The first-order valence-electron chi connectivity index (χ1n) is 5.72. The summed E-state index contributed by atoms with van der Waals surface area (Å²) < 4.78 is 18.2. The predicted octanol–water partition coefficient (Wildman–Crippen LogP) is 2.24. The van der Waals surface area contributed by atoms with Crippen LogP contribution in [0, 0.1) is 11.7 Å². The molecule has 1 aromatic heterocycles. The van der Waals surface area contributed by atoms with Gasteiger partial charge in [0.1, 0.15) is 17.8 Å². The molecule has 1 saturated heterocycles. The number of rotatable bonds is 3. The fraction of sp³-hybridized carbons (Fsp3) is 0.308. The van der Waals surface area contributed by atoms with Crippen LogP contribution in [0.5, 0.6) is 0 Å². The van der Waals surface area contributed by atoms with E-state index in [1.165, 1.54) is 12.1 Å². The molecule has 0 aliphatic carbocycles. The van der Waals surface area contributed by atoms with Gasteiger partial charge in [0.15, 0.2) is 5.89 Å². The minimum absolute atomic E-state index is 0.238. The molecule has 3 rings (SSSR count). The van der Waals surface area contributed by atoms with Crippen LogP contribution in [-0.2, 0) is 6.42 Å². The summed E-state index contributed by atoms with van der Waals surface area (Å²) in [7, 11) is 0. The summed E-state index contributed by atoms with van der Waals surface area (Å²) >= 11 is 0. The van der Waals surface area contributed by atoms with Crippen molar-refractivity contribution in [3.8, 4) is 11.3 Å². The molecular weight excluding hydrogens is 219 g/mol. The van der Waals surface area contributed by atoms with E-state index in [1.807, 2.05) is 0 Å². The van der Waals surface area contributed by atoms with Crippen LogP contribution in [0.3, 0.4) is 0 Å². The van der Waals surface area contributed by atoms with Gasteiger partial charge in [0.25, 0.3) is 0 Å². The Kier molecular flexibility index (Phi) is 2.65. The third-order valence-corrected chi connectivity index (χ3v) is 3.02. The Morgan fingerprint density at radius 1 is 1.29 bits per heavy atom. The maximum absolute atomic E-state index is 12.8. The van der Waals surface area contributed by atoms with Gasteiger partial charge in [0, 0.05) is 12.0 Å². The van der Waals surface area contributed by atoms with Crippen LogP contribution in [0.25, 0.3) is 11.3 Å². The average Bonchev–Trinajstić information content (AvgIpc) is 2.73. The SMILES string of the molecule is Fc1ccc(-c2coc(CC3CNC3)n2)cc1. The van der Waals surface area contributed by atoms with Gasteiger partial charge >= 0.3 is 0 Å². The summed E-state index contributed by atoms with van der Waals surface area (Å²) in [4.78, 5) is 4.42. The Bertz CT molecular complexity index is 502. The van der Waals surface area contributed by atoms with Gasteiger partial charge in [0.05, 0.1) is 0 Å². The van der Waals surface area contributed by atoms with Crippen molar-refractivity contribution in [2.24, 2.45) is 5.92 Å². The van der Waals surface area contributed by atoms with Crippen LogP contribution in [0.2, 0.25) is 0 Å². The van der Waals surface area contributed by atoms with Crippen LogP contribution in [0.15, 0.2) is 34.9 Å². The molecule has 0 unspecified atom stereocenters. The van der Waals surface area contributed by atoms with Crippen LogP contribution in [0.4, 0.5) is 4.39 Å². The number of nitrogens with one attached hydrogen (secondary N) is 1. The van der Waals surface area contributed by atoms with Crippen LogP contribution in [0.1, 0.15) is 5.89 Å². The number of benzene rings is 1. The number of hydrogen-bond acceptors (Lipinski definition) is 3. The molecule has 4 heteroatoms. The molecule has 1 N–H and O–H groups in total. The second-order valence-electron chi connectivity index (χ2n) is 4.36. The second-order valence-corrected chi connectivity index (χ2v) is 4.36. The van der Waals surface area contributed by atoms with Gasteiger partial charge in [0.2, 0.25) is 0 Å². The van der Waals surface area contributed by atoms with E-state index in [0.717, 1.165) is 36.7 Å². The zero-order valence-corrected chi connectivity index (χ0v) is 9.32. The van der Waals surface area contributed by atoms with Crippen molar-refractivity contribution in [1.82, 2.24) is 10.3 Å². The van der Waals surface area contributed by atoms with E-state index in [1.54, 1.807) is 18.4 Å². The van der Waals surface area contributed by atoms with E-state index in [2.05, 4.69) is 10.3 Å². The van der Waals surface area contributed by atoms with Gasteiger partial charge in [-0.2, -0.15) is 0 Å². The highest BCUT2D eigenvalue weighted by atomic mass is 19.1. The molecule has 0 bridgehead atoms. The maximum atomic E-state index is 12.8. The minimum Gasteiger partial charge on any atom is -0.448 e. The Hall–Kier alpha value is -1.68. The summed E-state index contributed by atoms with van der Waals surface area (Å²) in [6.07, 6.45) is 2.50. The van der Waals surface area contributed by atoms with Crippen LogP contribution in [-0.4, -0.2) is 18.1 Å². The standard InChI is InChI=1S/C13H13FN2O/c14-11-3-1-10(2-4-11)12-8-17-13(16-12)5-9-6-15-7-9/h1-4,8-9,15H,5-7H2. The molecule has 1 aromatic carbocycles. The number of nitrogens with zero attached hydrogens (tertiary/aromatic N) is 1. The van der Waals surface area contributed by atoms with E-state index in [-0.39, 0.29) is 5.82 Å². The largest absolute Gasteiger partial charge is 0.448 e. The lowest BCUT2D eigenvalue weighted by molar-refractivity contribution is 0.318. The first kappa shape index (κ1) is 10.5. The fourth-order valence-corrected chi connectivity index (χ4v) is 1.90. The Balaban J connectivity index is 1.76. The predicted molar refractivity (Wildman–Crippen MR) is 62.0 cm³/mol. The van der Waals surface area contributed by atoms with Crippen molar-refractivity contribution in [3.63, 3.8) is 0 Å². The topological polar surface area (TPSA) is 38.1 Å². The van der Waals surface area contributed by atoms with Crippen molar-refractivity contribution in [3.05, 3.63) is 42.2 Å². The van der Waals surface area contributed by atoms with Gasteiger partial charge in [-0.1, -0.05) is 0 Å². The van der Waals surface area contributed by atoms with E-state index >= 15 is 0 Å². The number of halogens is 1. The second kappa shape index (κ2) is 4.30. The lowest BCUT2D eigenvalue weighted by Gasteiger charge is -2.25. The smallest absolute Gasteiger partial charge is 0.194 e. The van der Waals surface area contributed by atoms with E-state index < -0.39 is 0 Å². The van der Waals surface area contributed by atoms with Gasteiger partial charge in [-0.3, -0.25) is 0 Å². The molecule has 0 radical (unpaired) electrons. The highest BCUT2D eigenvalue weighted by Gasteiger charge is 2.19. The van der Waals surface area contributed by atoms with Crippen LogP contribution < -0.4 is 5.32 Å². The molecular formula is C13H13FN2O. The molecule has 1 fully saturated rings. The summed E-state index contributed by atoms with van der Waals surface area (Å²) in [5.74, 6) is 1.16. The van der Waals surface area contributed by atoms with E-state index in [0.29, 0.717) is 5.92 Å². The molecule has 3 nitrogen and oxygen atoms in total. The molecule has 0 spiro atoms. The summed E-state index contributed by atoms with van der Waals surface area (Å²) in [6, 6.07) is 6.28. The zero-order valence-electron chi connectivity index (χ0n) is 9.32. The molecule has 2 heterocycles. The molecule has 1 aliphatic rings. The first-order valence-corrected chi connectivity index (χ1v) is 5.72. The van der Waals surface area contributed by atoms with Crippen molar-refractivity contribution < 1.29 is 8.81 Å². The van der Waals surface area contributed by atoms with E-state index in [9.17, 15) is 4.39 Å². The van der Waals surface area contributed by atoms with Crippen molar-refractivity contribution in [2.45, 2.75) is 6.42 Å². The van der Waals surface area contributed by atoms with Crippen LogP contribution >= 0.6 is 0 Å². The fourth-order valence-electron chi connectivity index (χ4n) is 1.90. The van der Waals surface area contributed by atoms with Crippen molar-refractivity contribution in [1.29, 1.82) is 0 Å². The highest BCUT2D eigenvalue weighted by Crippen LogP contribution is 2.20. The summed E-state index contributed by atoms with van der Waals surface area (Å²) in [5.41, 5.74) is 1.65. The van der Waals surface area contributed by atoms with Crippen molar-refractivity contribution in [2.75, 3.05) is 13.1 Å². The molecule has 17 heavy (non-hydrogen) atoms.